The fourth-order valence-corrected chi connectivity index (χ4v) is 2.33. The van der Waals surface area contributed by atoms with E-state index in [1.165, 1.54) is 0 Å². The third-order valence-corrected chi connectivity index (χ3v) is 3.84. The first-order valence-corrected chi connectivity index (χ1v) is 8.54. The van der Waals surface area contributed by atoms with Crippen LogP contribution >= 0.6 is 23.2 Å². The Balaban J connectivity index is 1.72. The van der Waals surface area contributed by atoms with Gasteiger partial charge in [0.05, 0.1) is 11.4 Å². The Hall–Kier alpha value is -2.89. The topological polar surface area (TPSA) is 61.7 Å². The van der Waals surface area contributed by atoms with E-state index >= 15 is 0 Å². The summed E-state index contributed by atoms with van der Waals surface area (Å²) in [6.07, 6.45) is 0. The zero-order chi connectivity index (χ0) is 18.2. The lowest BCUT2D eigenvalue weighted by Gasteiger charge is -2.04. The molecule has 1 aromatic heterocycles. The minimum Gasteiger partial charge on any atom is -0.277 e. The molecule has 1 heterocycles. The number of hydrazone groups is 2. The van der Waals surface area contributed by atoms with Crippen molar-refractivity contribution in [2.24, 2.45) is 10.2 Å². The second-order valence-electron chi connectivity index (χ2n) is 5.17. The highest BCUT2D eigenvalue weighted by molar-refractivity contribution is 6.70. The molecule has 0 spiro atoms. The molecule has 0 unspecified atom stereocenters. The first-order valence-electron chi connectivity index (χ1n) is 7.78. The molecule has 3 rings (SSSR count). The molecule has 0 saturated carbocycles. The van der Waals surface area contributed by atoms with Crippen molar-refractivity contribution in [1.82, 2.24) is 4.98 Å². The molecule has 0 radical (unpaired) electrons. The Morgan fingerprint density at radius 3 is 1.46 bits per heavy atom. The summed E-state index contributed by atoms with van der Waals surface area (Å²) in [7, 11) is 0. The van der Waals surface area contributed by atoms with Gasteiger partial charge >= 0.3 is 0 Å². The van der Waals surface area contributed by atoms with Crippen LogP contribution < -0.4 is 10.9 Å². The van der Waals surface area contributed by atoms with E-state index in [9.17, 15) is 0 Å². The van der Waals surface area contributed by atoms with Crippen molar-refractivity contribution in [1.29, 1.82) is 0 Å². The summed E-state index contributed by atoms with van der Waals surface area (Å²) in [6, 6.07) is 24.3. The second-order valence-corrected chi connectivity index (χ2v) is 5.88. The summed E-state index contributed by atoms with van der Waals surface area (Å²) in [5.74, 6) is 0. The van der Waals surface area contributed by atoms with Crippen LogP contribution in [0.5, 0.6) is 0 Å². The highest BCUT2D eigenvalue weighted by atomic mass is 35.5. The van der Waals surface area contributed by atoms with Gasteiger partial charge in [-0.2, -0.15) is 10.2 Å². The molecular weight excluding hydrogens is 369 g/mol. The summed E-state index contributed by atoms with van der Waals surface area (Å²) >= 11 is 12.5. The maximum absolute atomic E-state index is 6.23. The molecule has 3 aromatic rings. The molecule has 0 saturated heterocycles. The minimum atomic E-state index is 0.219. The molecule has 0 aliphatic heterocycles. The Morgan fingerprint density at radius 2 is 1.04 bits per heavy atom. The van der Waals surface area contributed by atoms with Crippen molar-refractivity contribution in [3.63, 3.8) is 0 Å². The first kappa shape index (κ1) is 17.9. The van der Waals surface area contributed by atoms with Gasteiger partial charge < -0.3 is 0 Å². The molecule has 0 atom stereocenters. The van der Waals surface area contributed by atoms with Crippen molar-refractivity contribution < 1.29 is 0 Å². The van der Waals surface area contributed by atoms with Crippen molar-refractivity contribution >= 4 is 44.9 Å². The number of aromatic nitrogens is 1. The highest BCUT2D eigenvalue weighted by Gasteiger charge is 2.07. The molecule has 5 nitrogen and oxygen atoms in total. The van der Waals surface area contributed by atoms with E-state index in [0.29, 0.717) is 11.4 Å². The van der Waals surface area contributed by atoms with Crippen molar-refractivity contribution in [2.75, 3.05) is 10.9 Å². The van der Waals surface area contributed by atoms with Crippen LogP contribution in [-0.4, -0.2) is 15.3 Å². The normalized spacial score (nSPS) is 11.9. The fourth-order valence-electron chi connectivity index (χ4n) is 2.03. The van der Waals surface area contributed by atoms with Crippen LogP contribution in [0.25, 0.3) is 0 Å². The summed E-state index contributed by atoms with van der Waals surface area (Å²) in [6.45, 7) is 0. The van der Waals surface area contributed by atoms with E-state index in [0.717, 1.165) is 11.4 Å². The average Bonchev–Trinajstić information content (AvgIpc) is 2.72. The number of nitrogens with zero attached hydrogens (tertiary/aromatic N) is 3. The Kier molecular flexibility index (Phi) is 6.19. The molecule has 0 fully saturated rings. The molecule has 130 valence electrons. The smallest absolute Gasteiger partial charge is 0.174 e. The van der Waals surface area contributed by atoms with E-state index < -0.39 is 0 Å². The predicted molar refractivity (Wildman–Crippen MR) is 109 cm³/mol. The Bertz CT molecular complexity index is 839. The molecule has 0 amide bonds. The van der Waals surface area contributed by atoms with E-state index in [1.54, 1.807) is 18.2 Å². The summed E-state index contributed by atoms with van der Waals surface area (Å²) in [5.41, 5.74) is 8.39. The van der Waals surface area contributed by atoms with Gasteiger partial charge in [-0.3, -0.25) is 10.9 Å². The maximum Gasteiger partial charge on any atom is 0.174 e. The lowest BCUT2D eigenvalue weighted by molar-refractivity contribution is 1.24. The van der Waals surface area contributed by atoms with Gasteiger partial charge in [-0.05, 0) is 36.4 Å². The van der Waals surface area contributed by atoms with Gasteiger partial charge in [0.25, 0.3) is 0 Å². The highest BCUT2D eigenvalue weighted by Crippen LogP contribution is 2.11. The average molecular weight is 384 g/mol. The number of hydrogen-bond acceptors (Lipinski definition) is 5. The molecule has 2 aromatic carbocycles. The number of rotatable bonds is 6. The largest absolute Gasteiger partial charge is 0.277 e. The quantitative estimate of drug-likeness (QED) is 0.459. The molecule has 0 aliphatic carbocycles. The number of anilines is 2. The van der Waals surface area contributed by atoms with E-state index in [2.05, 4.69) is 26.0 Å². The molecule has 2 N–H and O–H groups in total. The van der Waals surface area contributed by atoms with Gasteiger partial charge in [0, 0.05) is 0 Å². The van der Waals surface area contributed by atoms with Crippen LogP contribution in [0.15, 0.2) is 89.1 Å². The number of hydrogen-bond donors (Lipinski definition) is 2. The van der Waals surface area contributed by atoms with Crippen LogP contribution in [0.2, 0.25) is 0 Å². The van der Waals surface area contributed by atoms with E-state index in [1.807, 2.05) is 60.7 Å². The molecule has 0 bridgehead atoms. The molecular formula is C19H15Cl2N5. The van der Waals surface area contributed by atoms with E-state index in [-0.39, 0.29) is 10.3 Å². The van der Waals surface area contributed by atoms with Crippen LogP contribution in [-0.2, 0) is 0 Å². The third-order valence-electron chi connectivity index (χ3n) is 3.29. The predicted octanol–water partition coefficient (Wildman–Crippen LogP) is 5.11. The van der Waals surface area contributed by atoms with Crippen molar-refractivity contribution in [3.8, 4) is 0 Å². The maximum atomic E-state index is 6.23. The number of pyridine rings is 1. The molecule has 0 aliphatic rings. The Labute approximate surface area is 161 Å². The number of nitrogens with one attached hydrogen (secondary N) is 2. The summed E-state index contributed by atoms with van der Waals surface area (Å²) in [4.78, 5) is 4.39. The van der Waals surface area contributed by atoms with Crippen LogP contribution in [0.1, 0.15) is 11.4 Å². The lowest BCUT2D eigenvalue weighted by Crippen LogP contribution is -2.05. The van der Waals surface area contributed by atoms with Crippen LogP contribution in [0.3, 0.4) is 0 Å². The monoisotopic (exact) mass is 383 g/mol. The second kappa shape index (κ2) is 8.99. The first-order chi connectivity index (χ1) is 12.7. The molecule has 26 heavy (non-hydrogen) atoms. The number of halogens is 2. The lowest BCUT2D eigenvalue weighted by atomic mass is 10.3. The van der Waals surface area contributed by atoms with Gasteiger partial charge in [0.1, 0.15) is 11.4 Å². The SMILES string of the molecule is Cl/C(=N\Nc1ccccc1)c1cccc(/C(Cl)=N/Nc2ccccc2)n1. The van der Waals surface area contributed by atoms with Crippen molar-refractivity contribution in [2.45, 2.75) is 0 Å². The fraction of sp³-hybridized carbons (Fsp3) is 0. The van der Waals surface area contributed by atoms with Gasteiger partial charge in [0.2, 0.25) is 0 Å². The van der Waals surface area contributed by atoms with E-state index in [4.69, 9.17) is 23.2 Å². The minimum absolute atomic E-state index is 0.219. The third kappa shape index (κ3) is 5.05. The van der Waals surface area contributed by atoms with Gasteiger partial charge in [-0.1, -0.05) is 65.7 Å². The zero-order valence-electron chi connectivity index (χ0n) is 13.6. The van der Waals surface area contributed by atoms with Gasteiger partial charge in [-0.25, -0.2) is 4.98 Å². The standard InChI is InChI=1S/C19H15Cl2N5/c20-18(25-23-14-8-3-1-4-9-14)16-12-7-13-17(22-16)19(21)26-24-15-10-5-2-6-11-15/h1-13,23-24H/b25-18-,26-19-. The van der Waals surface area contributed by atoms with Crippen LogP contribution in [0.4, 0.5) is 11.4 Å². The zero-order valence-corrected chi connectivity index (χ0v) is 15.1. The Morgan fingerprint density at radius 1 is 0.615 bits per heavy atom. The number of benzene rings is 2. The van der Waals surface area contributed by atoms with Crippen molar-refractivity contribution in [3.05, 3.63) is 90.3 Å². The van der Waals surface area contributed by atoms with Crippen LogP contribution in [0, 0.1) is 0 Å². The number of para-hydroxylation sites is 2. The van der Waals surface area contributed by atoms with Gasteiger partial charge in [0.15, 0.2) is 10.3 Å². The summed E-state index contributed by atoms with van der Waals surface area (Å²) < 4.78 is 0. The van der Waals surface area contributed by atoms with Gasteiger partial charge in [-0.15, -0.1) is 0 Å². The summed E-state index contributed by atoms with van der Waals surface area (Å²) in [5, 5.41) is 8.70. The molecule has 7 heteroatoms.